The summed E-state index contributed by atoms with van der Waals surface area (Å²) < 4.78 is 0. The van der Waals surface area contributed by atoms with E-state index in [1.807, 2.05) is 52.0 Å². The number of amides is 2. The van der Waals surface area contributed by atoms with Gasteiger partial charge in [-0.3, -0.25) is 9.59 Å². The third kappa shape index (κ3) is 6.75. The Morgan fingerprint density at radius 1 is 1.07 bits per heavy atom. The minimum Gasteiger partial charge on any atom is -0.354 e. The highest BCUT2D eigenvalue weighted by atomic mass is 35.5. The molecule has 0 radical (unpaired) electrons. The van der Waals surface area contributed by atoms with Crippen molar-refractivity contribution in [2.45, 2.75) is 53.1 Å². The summed E-state index contributed by atoms with van der Waals surface area (Å²) in [6, 6.07) is 12.4. The van der Waals surface area contributed by atoms with Crippen LogP contribution < -0.4 is 5.32 Å². The third-order valence-electron chi connectivity index (χ3n) is 5.03. The number of hydrogen-bond donors (Lipinski definition) is 1. The Labute approximate surface area is 189 Å². The molecule has 0 spiro atoms. The molecule has 0 saturated carbocycles. The highest BCUT2D eigenvalue weighted by Gasteiger charge is 2.29. The number of carbonyl (C=O) groups excluding carboxylic acids is 2. The number of nitrogens with zero attached hydrogens (tertiary/aromatic N) is 1. The molecule has 162 valence electrons. The zero-order chi connectivity index (χ0) is 22.3. The number of carbonyl (C=O) groups is 2. The summed E-state index contributed by atoms with van der Waals surface area (Å²) in [5.41, 5.74) is 2.76. The lowest BCUT2D eigenvalue weighted by atomic mass is 10.0. The van der Waals surface area contributed by atoms with E-state index >= 15 is 0 Å². The van der Waals surface area contributed by atoms with E-state index in [1.54, 1.807) is 23.1 Å². The average Bonchev–Trinajstić information content (AvgIpc) is 2.69. The van der Waals surface area contributed by atoms with Crippen molar-refractivity contribution in [3.05, 3.63) is 69.2 Å². The molecule has 6 heteroatoms. The molecule has 2 aromatic rings. The molecule has 2 amide bonds. The molecule has 0 aliphatic rings. The van der Waals surface area contributed by atoms with Crippen molar-refractivity contribution in [3.8, 4) is 0 Å². The molecule has 0 fully saturated rings. The Bertz CT molecular complexity index is 883. The summed E-state index contributed by atoms with van der Waals surface area (Å²) in [7, 11) is 0. The van der Waals surface area contributed by atoms with Gasteiger partial charge in [-0.25, -0.2) is 0 Å². The third-order valence-corrected chi connectivity index (χ3v) is 5.62. The van der Waals surface area contributed by atoms with Crippen LogP contribution in [0.15, 0.2) is 42.5 Å². The first kappa shape index (κ1) is 24.2. The molecule has 1 unspecified atom stereocenters. The highest BCUT2D eigenvalue weighted by Crippen LogP contribution is 2.24. The molecule has 0 heterocycles. The Kier molecular flexibility index (Phi) is 9.19. The molecule has 0 saturated heterocycles. The Hall–Kier alpha value is -2.04. The Morgan fingerprint density at radius 3 is 2.37 bits per heavy atom. The maximum Gasteiger partial charge on any atom is 0.242 e. The van der Waals surface area contributed by atoms with Gasteiger partial charge in [-0.15, -0.1) is 0 Å². The predicted octanol–water partition coefficient (Wildman–Crippen LogP) is 5.42. The van der Waals surface area contributed by atoms with Gasteiger partial charge >= 0.3 is 0 Å². The van der Waals surface area contributed by atoms with E-state index in [-0.39, 0.29) is 24.8 Å². The van der Waals surface area contributed by atoms with E-state index in [1.165, 1.54) is 0 Å². The normalized spacial score (nSPS) is 12.0. The molecule has 2 aromatic carbocycles. The van der Waals surface area contributed by atoms with Crippen molar-refractivity contribution in [3.63, 3.8) is 0 Å². The minimum atomic E-state index is -0.577. The van der Waals surface area contributed by atoms with Crippen LogP contribution in [0.2, 0.25) is 10.0 Å². The van der Waals surface area contributed by atoms with Gasteiger partial charge in [-0.1, -0.05) is 74.3 Å². The van der Waals surface area contributed by atoms with Gasteiger partial charge in [0, 0.05) is 23.1 Å². The van der Waals surface area contributed by atoms with Crippen LogP contribution in [0.5, 0.6) is 0 Å². The van der Waals surface area contributed by atoms with E-state index in [4.69, 9.17) is 23.2 Å². The van der Waals surface area contributed by atoms with Gasteiger partial charge in [0.1, 0.15) is 6.04 Å². The van der Waals surface area contributed by atoms with Gasteiger partial charge in [0.2, 0.25) is 11.8 Å². The predicted molar refractivity (Wildman–Crippen MR) is 124 cm³/mol. The monoisotopic (exact) mass is 448 g/mol. The molecule has 0 aliphatic carbocycles. The number of hydrogen-bond acceptors (Lipinski definition) is 2. The second-order valence-corrected chi connectivity index (χ2v) is 8.77. The van der Waals surface area contributed by atoms with Crippen molar-refractivity contribution in [2.24, 2.45) is 5.92 Å². The van der Waals surface area contributed by atoms with Gasteiger partial charge in [0.05, 0.1) is 6.42 Å². The molecule has 0 aromatic heterocycles. The van der Waals surface area contributed by atoms with Gasteiger partial charge < -0.3 is 10.2 Å². The standard InChI is InChI=1S/C24H30Cl2N2O2/c1-5-22(24(30)27-14-16(2)3)28(15-19-10-11-20(25)13-21(19)26)23(29)12-18-9-7-6-8-17(18)4/h6-11,13,16,22H,5,12,14-15H2,1-4H3,(H,27,30). The number of benzene rings is 2. The number of rotatable bonds is 9. The molecule has 0 bridgehead atoms. The van der Waals surface area contributed by atoms with Crippen molar-refractivity contribution in [2.75, 3.05) is 6.54 Å². The molecule has 2 rings (SSSR count). The second-order valence-electron chi connectivity index (χ2n) is 7.92. The Balaban J connectivity index is 2.33. The largest absolute Gasteiger partial charge is 0.354 e. The molecular formula is C24H30Cl2N2O2. The number of halogens is 2. The van der Waals surface area contributed by atoms with Gasteiger partial charge in [0.15, 0.2) is 0 Å². The minimum absolute atomic E-state index is 0.109. The molecule has 4 nitrogen and oxygen atoms in total. The van der Waals surface area contributed by atoms with E-state index in [0.29, 0.717) is 28.9 Å². The second kappa shape index (κ2) is 11.4. The molecule has 30 heavy (non-hydrogen) atoms. The average molecular weight is 449 g/mol. The van der Waals surface area contributed by atoms with Crippen LogP contribution >= 0.6 is 23.2 Å². The van der Waals surface area contributed by atoms with Crippen LogP contribution in [-0.4, -0.2) is 29.3 Å². The van der Waals surface area contributed by atoms with Crippen LogP contribution in [-0.2, 0) is 22.6 Å². The lowest BCUT2D eigenvalue weighted by Gasteiger charge is -2.31. The van der Waals surface area contributed by atoms with Crippen LogP contribution in [0.25, 0.3) is 0 Å². The fourth-order valence-electron chi connectivity index (χ4n) is 3.25. The number of aryl methyl sites for hydroxylation is 1. The van der Waals surface area contributed by atoms with E-state index in [0.717, 1.165) is 16.7 Å². The fourth-order valence-corrected chi connectivity index (χ4v) is 3.72. The topological polar surface area (TPSA) is 49.4 Å². The van der Waals surface area contributed by atoms with E-state index < -0.39 is 6.04 Å². The van der Waals surface area contributed by atoms with Crippen molar-refractivity contribution in [1.82, 2.24) is 10.2 Å². The zero-order valence-electron chi connectivity index (χ0n) is 18.0. The van der Waals surface area contributed by atoms with Crippen LogP contribution in [0.3, 0.4) is 0 Å². The highest BCUT2D eigenvalue weighted by molar-refractivity contribution is 6.35. The van der Waals surface area contributed by atoms with Crippen molar-refractivity contribution < 1.29 is 9.59 Å². The van der Waals surface area contributed by atoms with Crippen LogP contribution in [0, 0.1) is 12.8 Å². The van der Waals surface area contributed by atoms with Gasteiger partial charge in [-0.05, 0) is 48.1 Å². The molecular weight excluding hydrogens is 419 g/mol. The molecule has 1 N–H and O–H groups in total. The lowest BCUT2D eigenvalue weighted by Crippen LogP contribution is -2.50. The maximum atomic E-state index is 13.4. The SMILES string of the molecule is CCC(C(=O)NCC(C)C)N(Cc1ccc(Cl)cc1Cl)C(=O)Cc1ccccc1C. The number of nitrogens with one attached hydrogen (secondary N) is 1. The quantitative estimate of drug-likeness (QED) is 0.556. The van der Waals surface area contributed by atoms with Crippen molar-refractivity contribution >= 4 is 35.0 Å². The summed E-state index contributed by atoms with van der Waals surface area (Å²) in [6.45, 7) is 8.78. The Morgan fingerprint density at radius 2 is 1.77 bits per heavy atom. The maximum absolute atomic E-state index is 13.4. The first-order chi connectivity index (χ1) is 14.2. The van der Waals surface area contributed by atoms with E-state index in [9.17, 15) is 9.59 Å². The first-order valence-electron chi connectivity index (χ1n) is 10.3. The summed E-state index contributed by atoms with van der Waals surface area (Å²) in [4.78, 5) is 27.9. The summed E-state index contributed by atoms with van der Waals surface area (Å²) >= 11 is 12.4. The zero-order valence-corrected chi connectivity index (χ0v) is 19.6. The smallest absolute Gasteiger partial charge is 0.242 e. The summed E-state index contributed by atoms with van der Waals surface area (Å²) in [6.07, 6.45) is 0.737. The van der Waals surface area contributed by atoms with E-state index in [2.05, 4.69) is 5.32 Å². The van der Waals surface area contributed by atoms with Crippen LogP contribution in [0.4, 0.5) is 0 Å². The first-order valence-corrected chi connectivity index (χ1v) is 11.0. The van der Waals surface area contributed by atoms with Crippen LogP contribution in [0.1, 0.15) is 43.9 Å². The fraction of sp³-hybridized carbons (Fsp3) is 0.417. The summed E-state index contributed by atoms with van der Waals surface area (Å²) in [5, 5.41) is 3.98. The summed E-state index contributed by atoms with van der Waals surface area (Å²) in [5.74, 6) is 0.0737. The lowest BCUT2D eigenvalue weighted by molar-refractivity contribution is -0.141. The van der Waals surface area contributed by atoms with Crippen molar-refractivity contribution in [1.29, 1.82) is 0 Å². The van der Waals surface area contributed by atoms with Gasteiger partial charge in [0.25, 0.3) is 0 Å². The molecule has 1 atom stereocenters. The molecule has 0 aliphatic heterocycles. The van der Waals surface area contributed by atoms with Gasteiger partial charge in [-0.2, -0.15) is 0 Å².